The Kier molecular flexibility index (Phi) is 4.98. The Morgan fingerprint density at radius 2 is 1.65 bits per heavy atom. The van der Waals surface area contributed by atoms with E-state index in [0.29, 0.717) is 28.4 Å². The molecule has 0 aliphatic rings. The number of anilines is 2. The van der Waals surface area contributed by atoms with Crippen LogP contribution in [0.3, 0.4) is 0 Å². The second kappa shape index (κ2) is 7.52. The van der Waals surface area contributed by atoms with Gasteiger partial charge in [-0.05, 0) is 25.1 Å². The van der Waals surface area contributed by atoms with Gasteiger partial charge in [0.15, 0.2) is 0 Å². The van der Waals surface area contributed by atoms with Crippen molar-refractivity contribution in [3.63, 3.8) is 0 Å². The highest BCUT2D eigenvalue weighted by molar-refractivity contribution is 6.09. The fourth-order valence-corrected chi connectivity index (χ4v) is 2.49. The summed E-state index contributed by atoms with van der Waals surface area (Å²) in [5, 5.41) is 12.0. The third kappa shape index (κ3) is 3.72. The first-order valence-electron chi connectivity index (χ1n) is 8.00. The maximum Gasteiger partial charge on any atom is 0.318 e. The molecule has 0 spiro atoms. The minimum absolute atomic E-state index is 0.334. The zero-order valence-corrected chi connectivity index (χ0v) is 14.4. The van der Waals surface area contributed by atoms with E-state index in [-0.39, 0.29) is 11.9 Å². The topological polar surface area (TPSA) is 96.3 Å². The van der Waals surface area contributed by atoms with Crippen LogP contribution in [-0.4, -0.2) is 24.1 Å². The predicted molar refractivity (Wildman–Crippen MR) is 99.1 cm³/mol. The number of carbonyl (C=O) groups excluding carboxylic acids is 2. The SMILES string of the molecule is CNC(=O)Nc1cccc(NC(=O)c2c(-c3ccccc3)noc2C)c1. The van der Waals surface area contributed by atoms with Crippen molar-refractivity contribution in [3.8, 4) is 11.3 Å². The summed E-state index contributed by atoms with van der Waals surface area (Å²) < 4.78 is 5.22. The molecule has 0 saturated carbocycles. The second-order valence-electron chi connectivity index (χ2n) is 5.57. The van der Waals surface area contributed by atoms with Gasteiger partial charge in [-0.3, -0.25) is 4.79 Å². The van der Waals surface area contributed by atoms with E-state index < -0.39 is 0 Å². The summed E-state index contributed by atoms with van der Waals surface area (Å²) in [5.74, 6) is 0.0979. The van der Waals surface area contributed by atoms with Crippen LogP contribution in [0, 0.1) is 6.92 Å². The van der Waals surface area contributed by atoms with Gasteiger partial charge >= 0.3 is 6.03 Å². The molecule has 0 aliphatic heterocycles. The van der Waals surface area contributed by atoms with Crippen molar-refractivity contribution >= 4 is 23.3 Å². The standard InChI is InChI=1S/C19H18N4O3/c1-12-16(17(23-26-12)13-7-4-3-5-8-13)18(24)21-14-9-6-10-15(11-14)22-19(25)20-2/h3-11H,1-2H3,(H,21,24)(H2,20,22,25). The number of urea groups is 1. The van der Waals surface area contributed by atoms with E-state index in [1.807, 2.05) is 30.3 Å². The number of nitrogens with one attached hydrogen (secondary N) is 3. The largest absolute Gasteiger partial charge is 0.360 e. The van der Waals surface area contributed by atoms with Crippen LogP contribution in [0.2, 0.25) is 0 Å². The van der Waals surface area contributed by atoms with Crippen molar-refractivity contribution in [2.24, 2.45) is 0 Å². The molecule has 0 fully saturated rings. The molecule has 3 rings (SSSR count). The minimum atomic E-state index is -0.338. The van der Waals surface area contributed by atoms with Gasteiger partial charge in [-0.25, -0.2) is 4.79 Å². The summed E-state index contributed by atoms with van der Waals surface area (Å²) in [4.78, 5) is 24.2. The number of rotatable bonds is 4. The van der Waals surface area contributed by atoms with Gasteiger partial charge in [-0.15, -0.1) is 0 Å². The number of amides is 3. The molecule has 0 bridgehead atoms. The molecule has 1 aromatic heterocycles. The average Bonchev–Trinajstić information content (AvgIpc) is 3.04. The molecule has 3 amide bonds. The van der Waals surface area contributed by atoms with Crippen molar-refractivity contribution in [3.05, 3.63) is 65.9 Å². The summed E-state index contributed by atoms with van der Waals surface area (Å²) >= 11 is 0. The zero-order chi connectivity index (χ0) is 18.5. The number of hydrogen-bond donors (Lipinski definition) is 3. The first kappa shape index (κ1) is 17.2. The Labute approximate surface area is 150 Å². The van der Waals surface area contributed by atoms with E-state index in [2.05, 4.69) is 21.1 Å². The van der Waals surface area contributed by atoms with E-state index in [1.165, 1.54) is 7.05 Å². The van der Waals surface area contributed by atoms with Crippen LogP contribution in [0.1, 0.15) is 16.1 Å². The van der Waals surface area contributed by atoms with Crippen molar-refractivity contribution in [2.45, 2.75) is 6.92 Å². The third-order valence-electron chi connectivity index (χ3n) is 3.74. The maximum absolute atomic E-state index is 12.8. The molecule has 7 nitrogen and oxygen atoms in total. The Morgan fingerprint density at radius 1 is 0.962 bits per heavy atom. The average molecular weight is 350 g/mol. The summed E-state index contributed by atoms with van der Waals surface area (Å²) in [7, 11) is 1.53. The van der Waals surface area contributed by atoms with Gasteiger partial charge in [0.1, 0.15) is 17.0 Å². The molecule has 0 saturated heterocycles. The van der Waals surface area contributed by atoms with E-state index in [1.54, 1.807) is 31.2 Å². The highest BCUT2D eigenvalue weighted by atomic mass is 16.5. The van der Waals surface area contributed by atoms with Crippen LogP contribution in [0.5, 0.6) is 0 Å². The lowest BCUT2D eigenvalue weighted by atomic mass is 10.1. The molecule has 3 aromatic rings. The number of aromatic nitrogens is 1. The van der Waals surface area contributed by atoms with E-state index in [4.69, 9.17) is 4.52 Å². The molecule has 7 heteroatoms. The van der Waals surface area contributed by atoms with Gasteiger partial charge in [-0.1, -0.05) is 41.6 Å². The molecule has 0 atom stereocenters. The Hall–Kier alpha value is -3.61. The predicted octanol–water partition coefficient (Wildman–Crippen LogP) is 3.65. The fraction of sp³-hybridized carbons (Fsp3) is 0.105. The lowest BCUT2D eigenvalue weighted by Crippen LogP contribution is -2.24. The first-order chi connectivity index (χ1) is 12.6. The van der Waals surface area contributed by atoms with Gasteiger partial charge in [0, 0.05) is 24.0 Å². The summed E-state index contributed by atoms with van der Waals surface area (Å²) in [6.07, 6.45) is 0. The molecule has 26 heavy (non-hydrogen) atoms. The Bertz CT molecular complexity index is 935. The molecule has 1 heterocycles. The van der Waals surface area contributed by atoms with Gasteiger partial charge < -0.3 is 20.5 Å². The quantitative estimate of drug-likeness (QED) is 0.669. The highest BCUT2D eigenvalue weighted by Crippen LogP contribution is 2.26. The molecule has 2 aromatic carbocycles. The molecule has 3 N–H and O–H groups in total. The summed E-state index contributed by atoms with van der Waals surface area (Å²) in [6.45, 7) is 1.69. The monoisotopic (exact) mass is 350 g/mol. The van der Waals surface area contributed by atoms with Crippen LogP contribution in [0.25, 0.3) is 11.3 Å². The van der Waals surface area contributed by atoms with Crippen LogP contribution >= 0.6 is 0 Å². The normalized spacial score (nSPS) is 10.2. The molecular formula is C19H18N4O3. The number of benzene rings is 2. The molecule has 132 valence electrons. The van der Waals surface area contributed by atoms with Gasteiger partial charge in [0.25, 0.3) is 5.91 Å². The number of aryl methyl sites for hydroxylation is 1. The van der Waals surface area contributed by atoms with Crippen molar-refractivity contribution in [1.82, 2.24) is 10.5 Å². The van der Waals surface area contributed by atoms with Crippen LogP contribution in [-0.2, 0) is 0 Å². The fourth-order valence-electron chi connectivity index (χ4n) is 2.49. The lowest BCUT2D eigenvalue weighted by Gasteiger charge is -2.09. The smallest absolute Gasteiger partial charge is 0.318 e. The lowest BCUT2D eigenvalue weighted by molar-refractivity contribution is 0.102. The molecular weight excluding hydrogens is 332 g/mol. The van der Waals surface area contributed by atoms with Gasteiger partial charge in [0.2, 0.25) is 0 Å². The Balaban J connectivity index is 1.85. The van der Waals surface area contributed by atoms with Crippen molar-refractivity contribution in [2.75, 3.05) is 17.7 Å². The minimum Gasteiger partial charge on any atom is -0.360 e. The van der Waals surface area contributed by atoms with Crippen LogP contribution in [0.4, 0.5) is 16.2 Å². The third-order valence-corrected chi connectivity index (χ3v) is 3.74. The van der Waals surface area contributed by atoms with E-state index in [0.717, 1.165) is 5.56 Å². The van der Waals surface area contributed by atoms with Gasteiger partial charge in [0.05, 0.1) is 0 Å². The Morgan fingerprint density at radius 3 is 2.35 bits per heavy atom. The second-order valence-corrected chi connectivity index (χ2v) is 5.57. The van der Waals surface area contributed by atoms with Crippen molar-refractivity contribution in [1.29, 1.82) is 0 Å². The zero-order valence-electron chi connectivity index (χ0n) is 14.4. The van der Waals surface area contributed by atoms with Gasteiger partial charge in [-0.2, -0.15) is 0 Å². The molecule has 0 aliphatic carbocycles. The van der Waals surface area contributed by atoms with Crippen molar-refractivity contribution < 1.29 is 14.1 Å². The van der Waals surface area contributed by atoms with E-state index >= 15 is 0 Å². The van der Waals surface area contributed by atoms with Crippen LogP contribution < -0.4 is 16.0 Å². The van der Waals surface area contributed by atoms with Crippen LogP contribution in [0.15, 0.2) is 59.1 Å². The maximum atomic E-state index is 12.8. The number of hydrogen-bond acceptors (Lipinski definition) is 4. The molecule has 0 radical (unpaired) electrons. The molecule has 0 unspecified atom stereocenters. The summed E-state index contributed by atoms with van der Waals surface area (Å²) in [5.41, 5.74) is 2.77. The summed E-state index contributed by atoms with van der Waals surface area (Å²) in [6, 6.07) is 15.9. The van der Waals surface area contributed by atoms with E-state index in [9.17, 15) is 9.59 Å². The highest BCUT2D eigenvalue weighted by Gasteiger charge is 2.21. The number of nitrogens with zero attached hydrogens (tertiary/aromatic N) is 1. The number of carbonyl (C=O) groups is 2. The first-order valence-corrected chi connectivity index (χ1v) is 8.00.